The van der Waals surface area contributed by atoms with E-state index in [2.05, 4.69) is 27.5 Å². The Balaban J connectivity index is 1.37. The molecule has 1 fully saturated rings. The van der Waals surface area contributed by atoms with Gasteiger partial charge in [-0.15, -0.1) is 0 Å². The summed E-state index contributed by atoms with van der Waals surface area (Å²) >= 11 is 0. The van der Waals surface area contributed by atoms with Crippen LogP contribution in [0.1, 0.15) is 22.3 Å². The second-order valence-corrected chi connectivity index (χ2v) is 7.41. The van der Waals surface area contributed by atoms with Crippen LogP contribution < -0.4 is 16.4 Å². The lowest BCUT2D eigenvalue weighted by Crippen LogP contribution is -2.45. The summed E-state index contributed by atoms with van der Waals surface area (Å²) in [6.07, 6.45) is 1.16. The predicted octanol–water partition coefficient (Wildman–Crippen LogP) is 2.25. The van der Waals surface area contributed by atoms with Crippen molar-refractivity contribution < 1.29 is 4.79 Å². The van der Waals surface area contributed by atoms with Crippen LogP contribution in [0.4, 0.5) is 11.4 Å². The number of carbonyl (C=O) groups excluding carboxylic acids is 1. The summed E-state index contributed by atoms with van der Waals surface area (Å²) in [5.41, 5.74) is 8.88. The van der Waals surface area contributed by atoms with Gasteiger partial charge in [0.25, 0.3) is 5.91 Å². The number of likely N-dealkylation sites (N-methyl/N-ethyl adjacent to an activating group) is 1. The second kappa shape index (κ2) is 10.2. The minimum Gasteiger partial charge on any atom is -0.397 e. The van der Waals surface area contributed by atoms with Crippen LogP contribution in [0.3, 0.4) is 0 Å². The van der Waals surface area contributed by atoms with Crippen LogP contribution >= 0.6 is 0 Å². The molecule has 0 radical (unpaired) electrons. The van der Waals surface area contributed by atoms with E-state index >= 15 is 0 Å². The van der Waals surface area contributed by atoms with Gasteiger partial charge in [-0.1, -0.05) is 24.3 Å². The molecule has 0 saturated carbocycles. The molecule has 2 aromatic rings. The average molecular weight is 382 g/mol. The van der Waals surface area contributed by atoms with Crippen LogP contribution in [-0.4, -0.2) is 62.0 Å². The number of rotatable bonds is 8. The van der Waals surface area contributed by atoms with E-state index in [4.69, 9.17) is 5.73 Å². The third-order valence-electron chi connectivity index (χ3n) is 5.18. The summed E-state index contributed by atoms with van der Waals surface area (Å²) in [6, 6.07) is 15.0. The number of amides is 1. The first-order valence-electron chi connectivity index (χ1n) is 9.98. The van der Waals surface area contributed by atoms with Gasteiger partial charge in [-0.05, 0) is 56.4 Å². The number of hydrogen-bond donors (Lipinski definition) is 3. The topological polar surface area (TPSA) is 73.6 Å². The fraction of sp³-hybridized carbons (Fsp3) is 0.409. The summed E-state index contributed by atoms with van der Waals surface area (Å²) in [7, 11) is 2.19. The zero-order chi connectivity index (χ0) is 19.8. The number of hydrogen-bond acceptors (Lipinski definition) is 5. The molecule has 28 heavy (non-hydrogen) atoms. The Morgan fingerprint density at radius 2 is 1.75 bits per heavy atom. The minimum atomic E-state index is -0.149. The highest BCUT2D eigenvalue weighted by molar-refractivity contribution is 6.05. The standard InChI is InChI=1S/C22H31N5O/c1-26-13-15-27(16-14-26)12-4-11-24-17-18-7-9-19(10-8-18)22(28)25-21-6-3-2-5-20(21)23/h2-3,5-10,24H,4,11-17,23H2,1H3,(H,25,28). The van der Waals surface area contributed by atoms with Gasteiger partial charge in [0.2, 0.25) is 0 Å². The van der Waals surface area contributed by atoms with Gasteiger partial charge in [-0.2, -0.15) is 0 Å². The van der Waals surface area contributed by atoms with E-state index in [0.29, 0.717) is 16.9 Å². The summed E-state index contributed by atoms with van der Waals surface area (Å²) < 4.78 is 0. The number of nitrogens with two attached hydrogens (primary N) is 1. The molecule has 6 nitrogen and oxygen atoms in total. The molecule has 1 saturated heterocycles. The van der Waals surface area contributed by atoms with Crippen molar-refractivity contribution in [2.45, 2.75) is 13.0 Å². The normalized spacial score (nSPS) is 15.5. The maximum Gasteiger partial charge on any atom is 0.255 e. The van der Waals surface area contributed by atoms with Crippen LogP contribution in [0.15, 0.2) is 48.5 Å². The maximum atomic E-state index is 12.4. The maximum absolute atomic E-state index is 12.4. The lowest BCUT2D eigenvalue weighted by Gasteiger charge is -2.32. The van der Waals surface area contributed by atoms with Gasteiger partial charge in [0.05, 0.1) is 11.4 Å². The van der Waals surface area contributed by atoms with Gasteiger partial charge < -0.3 is 26.2 Å². The van der Waals surface area contributed by atoms with Gasteiger partial charge in [0.1, 0.15) is 0 Å². The van der Waals surface area contributed by atoms with Crippen LogP contribution in [0.25, 0.3) is 0 Å². The predicted molar refractivity (Wildman–Crippen MR) is 116 cm³/mol. The van der Waals surface area contributed by atoms with Crippen molar-refractivity contribution in [2.24, 2.45) is 0 Å². The number of piperazine rings is 1. The van der Waals surface area contributed by atoms with E-state index < -0.39 is 0 Å². The summed E-state index contributed by atoms with van der Waals surface area (Å²) in [5.74, 6) is -0.149. The average Bonchev–Trinajstić information content (AvgIpc) is 2.71. The first kappa shape index (κ1) is 20.3. The van der Waals surface area contributed by atoms with E-state index in [1.54, 1.807) is 12.1 Å². The molecule has 1 aliphatic rings. The van der Waals surface area contributed by atoms with Gasteiger partial charge in [-0.3, -0.25) is 4.79 Å². The van der Waals surface area contributed by atoms with E-state index in [1.165, 1.54) is 31.7 Å². The van der Waals surface area contributed by atoms with Gasteiger partial charge >= 0.3 is 0 Å². The highest BCUT2D eigenvalue weighted by Gasteiger charge is 2.12. The van der Waals surface area contributed by atoms with Gasteiger partial charge in [-0.25, -0.2) is 0 Å². The fourth-order valence-corrected chi connectivity index (χ4v) is 3.31. The second-order valence-electron chi connectivity index (χ2n) is 7.41. The third kappa shape index (κ3) is 6.05. The summed E-state index contributed by atoms with van der Waals surface area (Å²) in [4.78, 5) is 17.3. The molecule has 0 aromatic heterocycles. The van der Waals surface area contributed by atoms with Crippen molar-refractivity contribution in [2.75, 3.05) is 57.4 Å². The Labute approximate surface area is 167 Å². The molecular weight excluding hydrogens is 350 g/mol. The van der Waals surface area contributed by atoms with E-state index in [1.807, 2.05) is 36.4 Å². The lowest BCUT2D eigenvalue weighted by molar-refractivity contribution is 0.102. The minimum absolute atomic E-state index is 0.149. The molecule has 3 rings (SSSR count). The van der Waals surface area contributed by atoms with Crippen molar-refractivity contribution in [3.63, 3.8) is 0 Å². The van der Waals surface area contributed by atoms with E-state index in [9.17, 15) is 4.79 Å². The van der Waals surface area contributed by atoms with E-state index in [0.717, 1.165) is 26.1 Å². The zero-order valence-electron chi connectivity index (χ0n) is 16.7. The van der Waals surface area contributed by atoms with Crippen molar-refractivity contribution in [3.05, 3.63) is 59.7 Å². The van der Waals surface area contributed by atoms with Crippen molar-refractivity contribution in [3.8, 4) is 0 Å². The largest absolute Gasteiger partial charge is 0.397 e. The zero-order valence-corrected chi connectivity index (χ0v) is 16.7. The molecule has 0 bridgehead atoms. The van der Waals surface area contributed by atoms with Crippen molar-refractivity contribution >= 4 is 17.3 Å². The number of nitrogens with one attached hydrogen (secondary N) is 2. The van der Waals surface area contributed by atoms with Gasteiger partial charge in [0, 0.05) is 38.3 Å². The quantitative estimate of drug-likeness (QED) is 0.483. The Hall–Kier alpha value is -2.41. The highest BCUT2D eigenvalue weighted by Crippen LogP contribution is 2.18. The Bertz CT molecular complexity index is 754. The fourth-order valence-electron chi connectivity index (χ4n) is 3.31. The Morgan fingerprint density at radius 3 is 2.46 bits per heavy atom. The molecule has 150 valence electrons. The number of nitrogen functional groups attached to an aromatic ring is 1. The van der Waals surface area contributed by atoms with Crippen molar-refractivity contribution in [1.29, 1.82) is 0 Å². The molecule has 0 spiro atoms. The monoisotopic (exact) mass is 381 g/mol. The molecule has 0 unspecified atom stereocenters. The molecule has 2 aromatic carbocycles. The molecule has 1 heterocycles. The van der Waals surface area contributed by atoms with Crippen molar-refractivity contribution in [1.82, 2.24) is 15.1 Å². The molecule has 6 heteroatoms. The first-order chi connectivity index (χ1) is 13.6. The molecule has 1 aliphatic heterocycles. The first-order valence-corrected chi connectivity index (χ1v) is 9.98. The van der Waals surface area contributed by atoms with Crippen LogP contribution in [0, 0.1) is 0 Å². The molecule has 4 N–H and O–H groups in total. The van der Waals surface area contributed by atoms with Crippen LogP contribution in [0.2, 0.25) is 0 Å². The number of nitrogens with zero attached hydrogens (tertiary/aromatic N) is 2. The SMILES string of the molecule is CN1CCN(CCCNCc2ccc(C(=O)Nc3ccccc3N)cc2)CC1. The third-order valence-corrected chi connectivity index (χ3v) is 5.18. The number of para-hydroxylation sites is 2. The number of benzene rings is 2. The Morgan fingerprint density at radius 1 is 1.04 bits per heavy atom. The number of carbonyl (C=O) groups is 1. The number of anilines is 2. The highest BCUT2D eigenvalue weighted by atomic mass is 16.1. The Kier molecular flexibility index (Phi) is 7.42. The molecule has 0 atom stereocenters. The molecular formula is C22H31N5O. The molecule has 0 aliphatic carbocycles. The summed E-state index contributed by atoms with van der Waals surface area (Å²) in [6.45, 7) is 7.67. The molecule has 1 amide bonds. The van der Waals surface area contributed by atoms with Crippen LogP contribution in [0.5, 0.6) is 0 Å². The lowest BCUT2D eigenvalue weighted by atomic mass is 10.1. The van der Waals surface area contributed by atoms with Gasteiger partial charge in [0.15, 0.2) is 0 Å². The van der Waals surface area contributed by atoms with E-state index in [-0.39, 0.29) is 5.91 Å². The smallest absolute Gasteiger partial charge is 0.255 e. The van der Waals surface area contributed by atoms with Crippen LogP contribution in [-0.2, 0) is 6.54 Å². The summed E-state index contributed by atoms with van der Waals surface area (Å²) in [5, 5.41) is 6.34.